The van der Waals surface area contributed by atoms with Gasteiger partial charge in [-0.15, -0.1) is 0 Å². The van der Waals surface area contributed by atoms with E-state index in [9.17, 15) is 4.79 Å². The maximum absolute atomic E-state index is 12.1. The zero-order chi connectivity index (χ0) is 15.8. The molecule has 1 aliphatic carbocycles. The van der Waals surface area contributed by atoms with Crippen LogP contribution in [0.4, 0.5) is 4.79 Å². The summed E-state index contributed by atoms with van der Waals surface area (Å²) in [6.45, 7) is 1.02. The molecule has 0 bridgehead atoms. The Bertz CT molecular complexity index is 443. The number of carbonyl (C=O) groups excluding carboxylic acids is 1. The first kappa shape index (κ1) is 16.8. The highest BCUT2D eigenvalue weighted by molar-refractivity contribution is 5.67. The van der Waals surface area contributed by atoms with E-state index in [1.54, 1.807) is 0 Å². The molecule has 1 aromatic carbocycles. The van der Waals surface area contributed by atoms with Crippen molar-refractivity contribution in [3.63, 3.8) is 0 Å². The Morgan fingerprint density at radius 1 is 1.23 bits per heavy atom. The van der Waals surface area contributed by atoms with E-state index in [0.29, 0.717) is 13.2 Å². The van der Waals surface area contributed by atoms with E-state index in [0.717, 1.165) is 31.2 Å². The van der Waals surface area contributed by atoms with Gasteiger partial charge in [0.15, 0.2) is 0 Å². The molecule has 0 heterocycles. The fourth-order valence-corrected chi connectivity index (χ4v) is 2.98. The largest absolute Gasteiger partial charge is 0.453 e. The van der Waals surface area contributed by atoms with Crippen LogP contribution in [0, 0.1) is 0 Å². The van der Waals surface area contributed by atoms with Crippen LogP contribution < -0.4 is 0 Å². The molecule has 1 fully saturated rings. The fraction of sp³-hybridized carbons (Fsp3) is 0.588. The van der Waals surface area contributed by atoms with Crippen LogP contribution in [-0.2, 0) is 16.0 Å². The number of aliphatic hydroxyl groups excluding tert-OH is 1. The highest BCUT2D eigenvalue weighted by atomic mass is 16.5. The molecule has 1 N–H and O–H groups in total. The van der Waals surface area contributed by atoms with E-state index in [-0.39, 0.29) is 24.8 Å². The second kappa shape index (κ2) is 8.76. The molecule has 0 aromatic heterocycles. The quantitative estimate of drug-likeness (QED) is 0.877. The lowest BCUT2D eigenvalue weighted by Crippen LogP contribution is -2.43. The van der Waals surface area contributed by atoms with Crippen molar-refractivity contribution in [3.05, 3.63) is 35.9 Å². The highest BCUT2D eigenvalue weighted by Crippen LogP contribution is 2.26. The van der Waals surface area contributed by atoms with E-state index < -0.39 is 0 Å². The SMILES string of the molecule is COC(=O)N(Cc1ccccc1)C1CCC(OCCO)CC1. The molecule has 2 rings (SSSR count). The molecule has 1 amide bonds. The van der Waals surface area contributed by atoms with E-state index in [2.05, 4.69) is 0 Å². The second-order valence-corrected chi connectivity index (χ2v) is 5.61. The van der Waals surface area contributed by atoms with Gasteiger partial charge in [0, 0.05) is 12.6 Å². The van der Waals surface area contributed by atoms with Crippen LogP contribution in [0.15, 0.2) is 30.3 Å². The molecule has 1 saturated carbocycles. The first-order chi connectivity index (χ1) is 10.7. The predicted molar refractivity (Wildman–Crippen MR) is 83.5 cm³/mol. The lowest BCUT2D eigenvalue weighted by Gasteiger charge is -2.36. The molecule has 0 aliphatic heterocycles. The molecule has 122 valence electrons. The first-order valence-electron chi connectivity index (χ1n) is 7.85. The zero-order valence-corrected chi connectivity index (χ0v) is 13.1. The van der Waals surface area contributed by atoms with Crippen molar-refractivity contribution >= 4 is 6.09 Å². The van der Waals surface area contributed by atoms with Crippen LogP contribution in [0.2, 0.25) is 0 Å². The summed E-state index contributed by atoms with van der Waals surface area (Å²) in [6.07, 6.45) is 3.54. The topological polar surface area (TPSA) is 59.0 Å². The maximum atomic E-state index is 12.1. The molecule has 22 heavy (non-hydrogen) atoms. The summed E-state index contributed by atoms with van der Waals surface area (Å²) >= 11 is 0. The molecule has 0 atom stereocenters. The minimum atomic E-state index is -0.274. The van der Waals surface area contributed by atoms with Gasteiger partial charge in [0.1, 0.15) is 0 Å². The van der Waals surface area contributed by atoms with E-state index >= 15 is 0 Å². The minimum Gasteiger partial charge on any atom is -0.453 e. The molecule has 1 aromatic rings. The van der Waals surface area contributed by atoms with Crippen molar-refractivity contribution in [2.45, 2.75) is 44.4 Å². The van der Waals surface area contributed by atoms with Gasteiger partial charge in [0.25, 0.3) is 0 Å². The fourth-order valence-electron chi connectivity index (χ4n) is 2.98. The number of rotatable bonds is 6. The smallest absolute Gasteiger partial charge is 0.410 e. The van der Waals surface area contributed by atoms with Crippen molar-refractivity contribution in [3.8, 4) is 0 Å². The van der Waals surface area contributed by atoms with E-state index in [4.69, 9.17) is 14.6 Å². The Morgan fingerprint density at radius 2 is 1.91 bits per heavy atom. The van der Waals surface area contributed by atoms with Gasteiger partial charge in [-0.2, -0.15) is 0 Å². The van der Waals surface area contributed by atoms with Crippen LogP contribution in [-0.4, -0.2) is 48.6 Å². The average Bonchev–Trinajstić information content (AvgIpc) is 2.58. The summed E-state index contributed by atoms with van der Waals surface area (Å²) in [5, 5.41) is 8.81. The number of ether oxygens (including phenoxy) is 2. The van der Waals surface area contributed by atoms with Gasteiger partial charge in [0.05, 0.1) is 26.4 Å². The maximum Gasteiger partial charge on any atom is 0.410 e. The highest BCUT2D eigenvalue weighted by Gasteiger charge is 2.29. The second-order valence-electron chi connectivity index (χ2n) is 5.61. The Kier molecular flexibility index (Phi) is 6.68. The number of amides is 1. The summed E-state index contributed by atoms with van der Waals surface area (Å²) in [7, 11) is 1.43. The molecule has 5 nitrogen and oxygen atoms in total. The van der Waals surface area contributed by atoms with Crippen molar-refractivity contribution < 1.29 is 19.4 Å². The van der Waals surface area contributed by atoms with Crippen molar-refractivity contribution in [2.24, 2.45) is 0 Å². The monoisotopic (exact) mass is 307 g/mol. The molecule has 1 aliphatic rings. The summed E-state index contributed by atoms with van der Waals surface area (Å²) in [5.74, 6) is 0. The molecule has 0 unspecified atom stereocenters. The van der Waals surface area contributed by atoms with Gasteiger partial charge in [-0.25, -0.2) is 4.79 Å². The molecule has 5 heteroatoms. The summed E-state index contributed by atoms with van der Waals surface area (Å²) in [5.41, 5.74) is 1.10. The Hall–Kier alpha value is -1.59. The molecular formula is C17H25NO4. The Morgan fingerprint density at radius 3 is 2.50 bits per heavy atom. The standard InChI is InChI=1S/C17H25NO4/c1-21-17(20)18(13-14-5-3-2-4-6-14)15-7-9-16(10-8-15)22-12-11-19/h2-6,15-16,19H,7-13H2,1H3. The number of hydrogen-bond acceptors (Lipinski definition) is 4. The van der Waals surface area contributed by atoms with E-state index in [1.165, 1.54) is 7.11 Å². The van der Waals surface area contributed by atoms with Gasteiger partial charge in [-0.3, -0.25) is 0 Å². The van der Waals surface area contributed by atoms with Crippen LogP contribution in [0.5, 0.6) is 0 Å². The number of methoxy groups -OCH3 is 1. The van der Waals surface area contributed by atoms with Crippen molar-refractivity contribution in [2.75, 3.05) is 20.3 Å². The first-order valence-corrected chi connectivity index (χ1v) is 7.85. The lowest BCUT2D eigenvalue weighted by atomic mass is 9.91. The third-order valence-corrected chi connectivity index (χ3v) is 4.13. The molecule has 0 saturated heterocycles. The van der Waals surface area contributed by atoms with Crippen molar-refractivity contribution in [1.82, 2.24) is 4.90 Å². The molecule has 0 spiro atoms. The van der Waals surface area contributed by atoms with Gasteiger partial charge >= 0.3 is 6.09 Å². The minimum absolute atomic E-state index is 0.0578. The molecular weight excluding hydrogens is 282 g/mol. The zero-order valence-electron chi connectivity index (χ0n) is 13.1. The van der Waals surface area contributed by atoms with Crippen LogP contribution in [0.3, 0.4) is 0 Å². The Balaban J connectivity index is 1.94. The Labute approximate surface area is 131 Å². The van der Waals surface area contributed by atoms with Crippen LogP contribution >= 0.6 is 0 Å². The average molecular weight is 307 g/mol. The van der Waals surface area contributed by atoms with Crippen molar-refractivity contribution in [1.29, 1.82) is 0 Å². The van der Waals surface area contributed by atoms with E-state index in [1.807, 2.05) is 35.2 Å². The number of nitrogens with zero attached hydrogens (tertiary/aromatic N) is 1. The number of aliphatic hydroxyl groups is 1. The summed E-state index contributed by atoms with van der Waals surface area (Å²) in [4.78, 5) is 13.9. The number of carbonyl (C=O) groups is 1. The van der Waals surface area contributed by atoms with Gasteiger partial charge < -0.3 is 19.5 Å². The lowest BCUT2D eigenvalue weighted by molar-refractivity contribution is -0.00783. The number of hydrogen-bond donors (Lipinski definition) is 1. The van der Waals surface area contributed by atoms with Gasteiger partial charge in [0.2, 0.25) is 0 Å². The normalized spacial score (nSPS) is 21.4. The molecule has 0 radical (unpaired) electrons. The van der Waals surface area contributed by atoms with Crippen LogP contribution in [0.25, 0.3) is 0 Å². The predicted octanol–water partition coefficient (Wildman–Crippen LogP) is 2.58. The van der Waals surface area contributed by atoms with Gasteiger partial charge in [-0.05, 0) is 31.2 Å². The summed E-state index contributed by atoms with van der Waals surface area (Å²) in [6, 6.07) is 10.1. The third-order valence-electron chi connectivity index (χ3n) is 4.13. The van der Waals surface area contributed by atoms with Crippen LogP contribution in [0.1, 0.15) is 31.2 Å². The number of benzene rings is 1. The third kappa shape index (κ3) is 4.71. The van der Waals surface area contributed by atoms with Gasteiger partial charge in [-0.1, -0.05) is 30.3 Å². The summed E-state index contributed by atoms with van der Waals surface area (Å²) < 4.78 is 10.5.